The molecule has 3 nitrogen and oxygen atoms in total. The van der Waals surface area contributed by atoms with Crippen molar-refractivity contribution >= 4 is 13.2 Å². The maximum absolute atomic E-state index is 10.1. The molecule has 1 atom stereocenters. The molecule has 2 N–H and O–H groups in total. The van der Waals surface area contributed by atoms with Crippen LogP contribution < -0.4 is 5.32 Å². The summed E-state index contributed by atoms with van der Waals surface area (Å²) in [6.45, 7) is 1.96. The van der Waals surface area contributed by atoms with Crippen molar-refractivity contribution in [3.8, 4) is 0 Å². The Balaban J connectivity index is 3.43. The minimum Gasteiger partial charge on any atom is -0.481 e. The molecular weight excluding hydrogens is 117 g/mol. The number of carboxylic acids is 1. The van der Waals surface area contributed by atoms with Gasteiger partial charge in [0.15, 0.2) is 0 Å². The number of carboxylic acid groups (broad SMARTS) is 1. The van der Waals surface area contributed by atoms with Gasteiger partial charge in [0.25, 0.3) is 0 Å². The number of aliphatic carboxylic acids is 1. The van der Waals surface area contributed by atoms with Crippen molar-refractivity contribution in [3.05, 3.63) is 0 Å². The Kier molecular flexibility index (Phi) is 4.14. The highest BCUT2D eigenvalue weighted by atomic mass is 16.4. The first-order valence-electron chi connectivity index (χ1n) is 3.09. The minimum atomic E-state index is -0.740. The Morgan fingerprint density at radius 2 is 2.44 bits per heavy atom. The van der Waals surface area contributed by atoms with E-state index in [0.29, 0.717) is 0 Å². The molecule has 52 valence electrons. The van der Waals surface area contributed by atoms with Crippen molar-refractivity contribution in [1.82, 2.24) is 5.32 Å². The van der Waals surface area contributed by atoms with Crippen LogP contribution in [0.25, 0.3) is 0 Å². The van der Waals surface area contributed by atoms with E-state index in [4.69, 9.17) is 5.11 Å². The normalized spacial score (nSPS) is 12.7. The van der Waals surface area contributed by atoms with Crippen LogP contribution in [0.2, 0.25) is 6.82 Å². The van der Waals surface area contributed by atoms with Gasteiger partial charge in [-0.1, -0.05) is 6.82 Å². The molecular formula is C5H12BNO2. The molecule has 9 heavy (non-hydrogen) atoms. The van der Waals surface area contributed by atoms with Gasteiger partial charge in [0, 0.05) is 0 Å². The molecule has 0 radical (unpaired) electrons. The van der Waals surface area contributed by atoms with Crippen LogP contribution in [0.1, 0.15) is 6.42 Å². The second kappa shape index (κ2) is 4.38. The summed E-state index contributed by atoms with van der Waals surface area (Å²) in [5, 5.41) is 11.2. The molecule has 0 amide bonds. The molecule has 0 saturated heterocycles. The van der Waals surface area contributed by atoms with Gasteiger partial charge in [0.2, 0.25) is 0 Å². The monoisotopic (exact) mass is 129 g/mol. The summed E-state index contributed by atoms with van der Waals surface area (Å²) in [5.74, 6) is -0.612. The van der Waals surface area contributed by atoms with E-state index in [1.807, 2.05) is 6.82 Å². The van der Waals surface area contributed by atoms with Gasteiger partial charge in [0.1, 0.15) is 7.28 Å². The molecule has 0 bridgehead atoms. The van der Waals surface area contributed by atoms with Gasteiger partial charge in [-0.2, -0.15) is 0 Å². The molecule has 0 heterocycles. The first-order chi connectivity index (χ1) is 4.20. The van der Waals surface area contributed by atoms with Crippen molar-refractivity contribution in [2.75, 3.05) is 7.05 Å². The fourth-order valence-corrected chi connectivity index (χ4v) is 0.661. The number of hydrogen-bond donors (Lipinski definition) is 2. The number of hydrogen-bond acceptors (Lipinski definition) is 2. The van der Waals surface area contributed by atoms with Gasteiger partial charge in [-0.15, -0.1) is 0 Å². The average Bonchev–Trinajstić information content (AvgIpc) is 1.82. The Labute approximate surface area is 55.7 Å². The van der Waals surface area contributed by atoms with Crippen LogP contribution in [0.4, 0.5) is 0 Å². The first-order valence-corrected chi connectivity index (χ1v) is 3.09. The van der Waals surface area contributed by atoms with Gasteiger partial charge < -0.3 is 10.4 Å². The van der Waals surface area contributed by atoms with E-state index < -0.39 is 5.97 Å². The summed E-state index contributed by atoms with van der Waals surface area (Å²) in [4.78, 5) is 10.1. The lowest BCUT2D eigenvalue weighted by Gasteiger charge is -2.07. The van der Waals surface area contributed by atoms with Crippen molar-refractivity contribution in [2.45, 2.75) is 19.2 Å². The van der Waals surface area contributed by atoms with Crippen LogP contribution in [0.5, 0.6) is 0 Å². The van der Waals surface area contributed by atoms with Crippen LogP contribution in [0, 0.1) is 0 Å². The van der Waals surface area contributed by atoms with E-state index in [1.165, 1.54) is 0 Å². The lowest BCUT2D eigenvalue weighted by Crippen LogP contribution is -2.32. The smallest absolute Gasteiger partial charge is 0.304 e. The largest absolute Gasteiger partial charge is 0.481 e. The summed E-state index contributed by atoms with van der Waals surface area (Å²) >= 11 is 0. The quantitative estimate of drug-likeness (QED) is 0.502. The maximum Gasteiger partial charge on any atom is 0.304 e. The zero-order valence-electron chi connectivity index (χ0n) is 5.85. The minimum absolute atomic E-state index is 0.127. The lowest BCUT2D eigenvalue weighted by atomic mass is 9.71. The molecule has 0 aromatic heterocycles. The van der Waals surface area contributed by atoms with E-state index >= 15 is 0 Å². The fourth-order valence-electron chi connectivity index (χ4n) is 0.661. The highest BCUT2D eigenvalue weighted by molar-refractivity contribution is 6.36. The van der Waals surface area contributed by atoms with Crippen molar-refractivity contribution in [3.63, 3.8) is 0 Å². The van der Waals surface area contributed by atoms with Gasteiger partial charge in [-0.25, -0.2) is 0 Å². The molecule has 4 heteroatoms. The topological polar surface area (TPSA) is 49.3 Å². The van der Waals surface area contributed by atoms with Crippen LogP contribution in [0.3, 0.4) is 0 Å². The predicted octanol–water partition coefficient (Wildman–Crippen LogP) is -0.509. The molecule has 0 aliphatic heterocycles. The molecule has 0 saturated carbocycles. The maximum atomic E-state index is 10.1. The highest BCUT2D eigenvalue weighted by Gasteiger charge is 2.07. The number of rotatable bonds is 4. The third-order valence-electron chi connectivity index (χ3n) is 1.32. The Morgan fingerprint density at radius 1 is 1.89 bits per heavy atom. The van der Waals surface area contributed by atoms with Gasteiger partial charge >= 0.3 is 5.97 Å². The summed E-state index contributed by atoms with van der Waals surface area (Å²) < 4.78 is 0. The van der Waals surface area contributed by atoms with E-state index in [1.54, 1.807) is 7.05 Å². The van der Waals surface area contributed by atoms with Crippen LogP contribution >= 0.6 is 0 Å². The molecule has 1 unspecified atom stereocenters. The zero-order chi connectivity index (χ0) is 7.28. The predicted molar refractivity (Wildman–Crippen MR) is 38.1 cm³/mol. The van der Waals surface area contributed by atoms with Crippen molar-refractivity contribution in [2.24, 2.45) is 0 Å². The van der Waals surface area contributed by atoms with Gasteiger partial charge in [-0.05, 0) is 13.0 Å². The van der Waals surface area contributed by atoms with Crippen LogP contribution in [-0.2, 0) is 4.79 Å². The van der Waals surface area contributed by atoms with E-state index in [-0.39, 0.29) is 12.4 Å². The molecule has 0 fully saturated rings. The summed E-state index contributed by atoms with van der Waals surface area (Å²) in [7, 11) is 2.64. The number of nitrogens with one attached hydrogen (secondary N) is 1. The lowest BCUT2D eigenvalue weighted by molar-refractivity contribution is -0.137. The standard InChI is InChI=1S/C5H12BNO2/c1-6-4(7-2)3-5(8)9/h4,6-7H,3H2,1-2H3,(H,8,9). The SMILES string of the molecule is CBC(CC(=O)O)NC. The van der Waals surface area contributed by atoms with Crippen molar-refractivity contribution in [1.29, 1.82) is 0 Å². The average molecular weight is 129 g/mol. The second-order valence-electron chi connectivity index (χ2n) is 1.99. The molecule has 0 spiro atoms. The molecule has 0 aromatic carbocycles. The Hall–Kier alpha value is -0.505. The number of carbonyl (C=O) groups is 1. The van der Waals surface area contributed by atoms with Crippen LogP contribution in [-0.4, -0.2) is 31.3 Å². The van der Waals surface area contributed by atoms with Gasteiger partial charge in [0.05, 0.1) is 6.42 Å². The third-order valence-corrected chi connectivity index (χ3v) is 1.32. The zero-order valence-corrected chi connectivity index (χ0v) is 5.85. The molecule has 0 aliphatic rings. The van der Waals surface area contributed by atoms with Gasteiger partial charge in [-0.3, -0.25) is 4.79 Å². The summed E-state index contributed by atoms with van der Waals surface area (Å²) in [6, 6.07) is 0. The van der Waals surface area contributed by atoms with E-state index in [9.17, 15) is 4.79 Å². The molecule has 0 rings (SSSR count). The van der Waals surface area contributed by atoms with E-state index in [0.717, 1.165) is 7.28 Å². The Bertz CT molecular complexity index is 93.0. The second-order valence-corrected chi connectivity index (χ2v) is 1.99. The van der Waals surface area contributed by atoms with Crippen LogP contribution in [0.15, 0.2) is 0 Å². The molecule has 0 aliphatic carbocycles. The van der Waals surface area contributed by atoms with Crippen molar-refractivity contribution < 1.29 is 9.90 Å². The molecule has 0 aromatic rings. The highest BCUT2D eigenvalue weighted by Crippen LogP contribution is 1.87. The summed E-state index contributed by atoms with van der Waals surface area (Å²) in [6.07, 6.45) is 0.215. The fraction of sp³-hybridized carbons (Fsp3) is 0.800. The summed E-state index contributed by atoms with van der Waals surface area (Å²) in [5.41, 5.74) is 0. The van der Waals surface area contributed by atoms with E-state index in [2.05, 4.69) is 5.32 Å². The Morgan fingerprint density at radius 3 is 2.56 bits per heavy atom. The third kappa shape index (κ3) is 4.03. The first kappa shape index (κ1) is 8.49.